The van der Waals surface area contributed by atoms with Gasteiger partial charge in [0.1, 0.15) is 5.84 Å². The van der Waals surface area contributed by atoms with E-state index in [9.17, 15) is 4.79 Å². The molecule has 4 rings (SSSR count). The van der Waals surface area contributed by atoms with Crippen molar-refractivity contribution in [1.29, 1.82) is 0 Å². The zero-order chi connectivity index (χ0) is 17.2. The molecule has 122 valence electrons. The Bertz CT molecular complexity index is 955. The van der Waals surface area contributed by atoms with Crippen molar-refractivity contribution in [2.75, 3.05) is 0 Å². The Hall–Kier alpha value is -2.98. The number of aliphatic imine (C=N–C) groups is 2. The van der Waals surface area contributed by atoms with Crippen molar-refractivity contribution in [3.8, 4) is 0 Å². The van der Waals surface area contributed by atoms with Crippen LogP contribution in [0.5, 0.6) is 0 Å². The third-order valence-corrected chi connectivity index (χ3v) is 4.29. The van der Waals surface area contributed by atoms with Crippen LogP contribution in [-0.4, -0.2) is 22.5 Å². The van der Waals surface area contributed by atoms with Crippen molar-refractivity contribution in [1.82, 2.24) is 4.90 Å². The number of carbonyl (C=O) groups excluding carboxylic acids is 1. The van der Waals surface area contributed by atoms with Gasteiger partial charge in [-0.05, 0) is 42.0 Å². The normalized spacial score (nSPS) is 16.9. The van der Waals surface area contributed by atoms with Crippen LogP contribution in [0, 0.1) is 0 Å². The Morgan fingerprint density at radius 3 is 2.72 bits per heavy atom. The molecule has 0 fully saturated rings. The van der Waals surface area contributed by atoms with Gasteiger partial charge in [-0.3, -0.25) is 4.79 Å². The maximum Gasteiger partial charge on any atom is 0.279 e. The highest BCUT2D eigenvalue weighted by Gasteiger charge is 2.20. The molecule has 25 heavy (non-hydrogen) atoms. The van der Waals surface area contributed by atoms with E-state index in [1.165, 1.54) is 0 Å². The lowest BCUT2D eigenvalue weighted by atomic mass is 10.1. The number of amidine groups is 2. The molecule has 4 nitrogen and oxygen atoms in total. The Morgan fingerprint density at radius 1 is 1.08 bits per heavy atom. The molecule has 0 radical (unpaired) electrons. The number of allylic oxidation sites excluding steroid dienone is 2. The highest BCUT2D eigenvalue weighted by Crippen LogP contribution is 2.21. The van der Waals surface area contributed by atoms with E-state index in [0.717, 1.165) is 17.0 Å². The van der Waals surface area contributed by atoms with Crippen LogP contribution in [0.2, 0.25) is 5.02 Å². The fraction of sp³-hybridized carbons (Fsp3) is 0.0500. The monoisotopic (exact) mass is 347 g/mol. The smallest absolute Gasteiger partial charge is 0.279 e. The maximum atomic E-state index is 12.6. The first kappa shape index (κ1) is 15.5. The van der Waals surface area contributed by atoms with E-state index in [1.54, 1.807) is 24.3 Å². The van der Waals surface area contributed by atoms with Crippen molar-refractivity contribution in [3.63, 3.8) is 0 Å². The molecule has 0 N–H and O–H groups in total. The average Bonchev–Trinajstić information content (AvgIpc) is 2.79. The Morgan fingerprint density at radius 2 is 1.88 bits per heavy atom. The van der Waals surface area contributed by atoms with E-state index >= 15 is 0 Å². The summed E-state index contributed by atoms with van der Waals surface area (Å²) in [5, 5.41) is 0.582. The van der Waals surface area contributed by atoms with Crippen LogP contribution in [0.1, 0.15) is 21.5 Å². The van der Waals surface area contributed by atoms with Crippen LogP contribution in [-0.2, 0) is 6.54 Å². The molecular formula is C20H14ClN3O. The quantitative estimate of drug-likeness (QED) is 0.775. The first-order chi connectivity index (χ1) is 12.2. The molecule has 2 aliphatic heterocycles. The minimum atomic E-state index is -0.338. The van der Waals surface area contributed by atoms with Gasteiger partial charge in [0.15, 0.2) is 5.84 Å². The van der Waals surface area contributed by atoms with Gasteiger partial charge in [0.05, 0.1) is 0 Å². The summed E-state index contributed by atoms with van der Waals surface area (Å²) < 4.78 is 0. The van der Waals surface area contributed by atoms with Crippen LogP contribution in [0.3, 0.4) is 0 Å². The number of rotatable bonds is 1. The summed E-state index contributed by atoms with van der Waals surface area (Å²) in [7, 11) is 0. The van der Waals surface area contributed by atoms with Crippen molar-refractivity contribution in [3.05, 3.63) is 94.7 Å². The molecule has 2 aromatic carbocycles. The summed E-state index contributed by atoms with van der Waals surface area (Å²) in [6, 6.07) is 14.6. The molecule has 2 heterocycles. The Kier molecular flexibility index (Phi) is 4.04. The SMILES string of the molecule is O=C(N=C1N=C2C=CC=CN2Cc2ccccc21)c1ccc(Cl)cc1. The van der Waals surface area contributed by atoms with Gasteiger partial charge in [0, 0.05) is 28.9 Å². The topological polar surface area (TPSA) is 45.0 Å². The molecule has 0 saturated heterocycles. The molecule has 5 heteroatoms. The summed E-state index contributed by atoms with van der Waals surface area (Å²) in [4.78, 5) is 23.5. The van der Waals surface area contributed by atoms with Crippen LogP contribution in [0.4, 0.5) is 0 Å². The van der Waals surface area contributed by atoms with Crippen LogP contribution >= 0.6 is 11.6 Å². The minimum Gasteiger partial charge on any atom is -0.329 e. The number of benzene rings is 2. The summed E-state index contributed by atoms with van der Waals surface area (Å²) in [6.07, 6.45) is 7.76. The van der Waals surface area contributed by atoms with Crippen LogP contribution in [0.15, 0.2) is 82.9 Å². The predicted molar refractivity (Wildman–Crippen MR) is 100 cm³/mol. The van der Waals surface area contributed by atoms with Gasteiger partial charge in [-0.25, -0.2) is 4.99 Å². The molecule has 0 bridgehead atoms. The predicted octanol–water partition coefficient (Wildman–Crippen LogP) is 4.22. The molecule has 0 saturated carbocycles. The molecule has 0 unspecified atom stereocenters. The van der Waals surface area contributed by atoms with Gasteiger partial charge in [-0.15, -0.1) is 0 Å². The third-order valence-electron chi connectivity index (χ3n) is 4.03. The second kappa shape index (κ2) is 6.49. The van der Waals surface area contributed by atoms with Crippen molar-refractivity contribution in [2.45, 2.75) is 6.54 Å². The lowest BCUT2D eigenvalue weighted by Gasteiger charge is -2.20. The van der Waals surface area contributed by atoms with Crippen molar-refractivity contribution >= 4 is 29.2 Å². The van der Waals surface area contributed by atoms with Crippen LogP contribution < -0.4 is 0 Å². The first-order valence-corrected chi connectivity index (χ1v) is 8.25. The Balaban J connectivity index is 1.80. The summed E-state index contributed by atoms with van der Waals surface area (Å²) in [5.41, 5.74) is 2.42. The van der Waals surface area contributed by atoms with Gasteiger partial charge in [-0.2, -0.15) is 4.99 Å². The molecule has 1 amide bonds. The molecule has 2 aliphatic rings. The second-order valence-electron chi connectivity index (χ2n) is 5.70. The van der Waals surface area contributed by atoms with Gasteiger partial charge in [-0.1, -0.05) is 41.9 Å². The average molecular weight is 348 g/mol. The van der Waals surface area contributed by atoms with E-state index in [2.05, 4.69) is 9.98 Å². The summed E-state index contributed by atoms with van der Waals surface area (Å²) in [5.74, 6) is 0.851. The maximum absolute atomic E-state index is 12.6. The summed E-state index contributed by atoms with van der Waals surface area (Å²) in [6.45, 7) is 0.685. The van der Waals surface area contributed by atoms with Crippen molar-refractivity contribution < 1.29 is 4.79 Å². The Labute approximate surface area is 150 Å². The molecule has 0 aliphatic carbocycles. The second-order valence-corrected chi connectivity index (χ2v) is 6.14. The third kappa shape index (κ3) is 3.16. The van der Waals surface area contributed by atoms with Gasteiger partial charge < -0.3 is 4.90 Å². The fourth-order valence-electron chi connectivity index (χ4n) is 2.77. The number of fused-ring (bicyclic) bond motifs is 2. The lowest BCUT2D eigenvalue weighted by Crippen LogP contribution is -2.24. The fourth-order valence-corrected chi connectivity index (χ4v) is 2.90. The van der Waals surface area contributed by atoms with Crippen molar-refractivity contribution in [2.24, 2.45) is 9.98 Å². The highest BCUT2D eigenvalue weighted by atomic mass is 35.5. The highest BCUT2D eigenvalue weighted by molar-refractivity contribution is 6.30. The summed E-state index contributed by atoms with van der Waals surface area (Å²) >= 11 is 5.88. The molecule has 0 atom stereocenters. The minimum absolute atomic E-state index is 0.338. The zero-order valence-electron chi connectivity index (χ0n) is 13.3. The zero-order valence-corrected chi connectivity index (χ0v) is 14.0. The first-order valence-electron chi connectivity index (χ1n) is 7.88. The number of hydrogen-bond acceptors (Lipinski definition) is 2. The molecule has 2 aromatic rings. The van der Waals surface area contributed by atoms with Gasteiger partial charge in [0.2, 0.25) is 0 Å². The van der Waals surface area contributed by atoms with E-state index in [4.69, 9.17) is 11.6 Å². The van der Waals surface area contributed by atoms with Gasteiger partial charge >= 0.3 is 0 Å². The van der Waals surface area contributed by atoms with E-state index in [0.29, 0.717) is 23.0 Å². The van der Waals surface area contributed by atoms with E-state index in [-0.39, 0.29) is 5.91 Å². The molecule has 0 aromatic heterocycles. The number of amides is 1. The van der Waals surface area contributed by atoms with Crippen LogP contribution in [0.25, 0.3) is 0 Å². The standard InChI is InChI=1S/C20H14ClN3O/c21-16-10-8-14(9-11-16)20(25)23-19-17-6-2-1-5-15(17)13-24-12-4-3-7-18(24)22-19/h1-12H,13H2. The van der Waals surface area contributed by atoms with E-state index in [1.807, 2.05) is 53.6 Å². The number of nitrogens with zero attached hydrogens (tertiary/aromatic N) is 3. The molecule has 0 spiro atoms. The largest absolute Gasteiger partial charge is 0.329 e. The van der Waals surface area contributed by atoms with Gasteiger partial charge in [0.25, 0.3) is 5.91 Å². The number of hydrogen-bond donors (Lipinski definition) is 0. The number of halogens is 1. The molecular weight excluding hydrogens is 334 g/mol. The van der Waals surface area contributed by atoms with E-state index < -0.39 is 0 Å². The number of carbonyl (C=O) groups is 1. The lowest BCUT2D eigenvalue weighted by molar-refractivity contribution is 0.100.